The van der Waals surface area contributed by atoms with E-state index in [-0.39, 0.29) is 49.1 Å². The number of hydrogen-bond acceptors (Lipinski definition) is 6. The molecule has 0 spiro atoms. The summed E-state index contributed by atoms with van der Waals surface area (Å²) >= 11 is 0. The van der Waals surface area contributed by atoms with Crippen LogP contribution in [0.15, 0.2) is 18.5 Å². The summed E-state index contributed by atoms with van der Waals surface area (Å²) in [5.74, 6) is 0.336. The van der Waals surface area contributed by atoms with E-state index in [0.29, 0.717) is 32.1 Å². The third-order valence-electron chi connectivity index (χ3n) is 3.90. The highest BCUT2D eigenvalue weighted by atomic mass is 35.5. The summed E-state index contributed by atoms with van der Waals surface area (Å²) in [6.07, 6.45) is 3.40. The first-order valence-electron chi connectivity index (χ1n) is 7.82. The van der Waals surface area contributed by atoms with Gasteiger partial charge in [-0.25, -0.2) is 9.97 Å². The molecular formula is C15H26Cl2N6O2. The summed E-state index contributed by atoms with van der Waals surface area (Å²) in [7, 11) is 0. The molecule has 1 aliphatic rings. The van der Waals surface area contributed by atoms with Gasteiger partial charge in [0.05, 0.1) is 12.6 Å². The third kappa shape index (κ3) is 6.64. The second kappa shape index (κ2) is 11.1. The molecule has 1 aromatic heterocycles. The van der Waals surface area contributed by atoms with Crippen molar-refractivity contribution in [1.29, 1.82) is 0 Å². The van der Waals surface area contributed by atoms with Gasteiger partial charge in [0.2, 0.25) is 17.8 Å². The lowest BCUT2D eigenvalue weighted by atomic mass is 10.1. The lowest BCUT2D eigenvalue weighted by molar-refractivity contribution is -0.133. The average Bonchev–Trinajstić information content (AvgIpc) is 2.59. The van der Waals surface area contributed by atoms with E-state index in [9.17, 15) is 9.59 Å². The van der Waals surface area contributed by atoms with E-state index in [1.165, 1.54) is 0 Å². The molecule has 0 radical (unpaired) electrons. The number of carbonyl (C=O) groups excluding carboxylic acids is 2. The van der Waals surface area contributed by atoms with Gasteiger partial charge in [-0.3, -0.25) is 9.59 Å². The van der Waals surface area contributed by atoms with Crippen LogP contribution in [0.1, 0.15) is 13.8 Å². The van der Waals surface area contributed by atoms with Crippen molar-refractivity contribution < 1.29 is 9.59 Å². The minimum Gasteiger partial charge on any atom is -0.346 e. The van der Waals surface area contributed by atoms with Gasteiger partial charge in [0.15, 0.2) is 0 Å². The monoisotopic (exact) mass is 392 g/mol. The molecule has 1 saturated heterocycles. The lowest BCUT2D eigenvalue weighted by Crippen LogP contribution is -2.53. The lowest BCUT2D eigenvalue weighted by Gasteiger charge is -2.34. The van der Waals surface area contributed by atoms with Gasteiger partial charge in [0.25, 0.3) is 0 Å². The second-order valence-electron chi connectivity index (χ2n) is 5.90. The van der Waals surface area contributed by atoms with Crippen LogP contribution in [0, 0.1) is 5.92 Å². The first-order chi connectivity index (χ1) is 11.0. The predicted molar refractivity (Wildman–Crippen MR) is 101 cm³/mol. The minimum atomic E-state index is -0.588. The van der Waals surface area contributed by atoms with Gasteiger partial charge < -0.3 is 20.9 Å². The molecule has 25 heavy (non-hydrogen) atoms. The molecule has 1 aliphatic heterocycles. The molecule has 1 aromatic rings. The maximum absolute atomic E-state index is 12.2. The fourth-order valence-electron chi connectivity index (χ4n) is 2.31. The summed E-state index contributed by atoms with van der Waals surface area (Å²) in [5, 5.41) is 2.61. The number of carbonyl (C=O) groups is 2. The summed E-state index contributed by atoms with van der Waals surface area (Å²) in [6.45, 7) is 6.26. The molecular weight excluding hydrogens is 367 g/mol. The van der Waals surface area contributed by atoms with Gasteiger partial charge in [-0.05, 0) is 12.0 Å². The van der Waals surface area contributed by atoms with Crippen LogP contribution in [-0.4, -0.2) is 65.4 Å². The highest BCUT2D eigenvalue weighted by molar-refractivity contribution is 5.87. The number of anilines is 1. The van der Waals surface area contributed by atoms with Crippen LogP contribution in [0.4, 0.5) is 5.95 Å². The Morgan fingerprint density at radius 1 is 1.16 bits per heavy atom. The number of halogens is 2. The Hall–Kier alpha value is -1.64. The number of rotatable bonds is 5. The number of nitrogens with zero attached hydrogens (tertiary/aromatic N) is 4. The third-order valence-corrected chi connectivity index (χ3v) is 3.90. The Morgan fingerprint density at radius 3 is 2.24 bits per heavy atom. The quantitative estimate of drug-likeness (QED) is 0.734. The number of nitrogens with one attached hydrogen (secondary N) is 1. The van der Waals surface area contributed by atoms with Crippen LogP contribution in [-0.2, 0) is 9.59 Å². The summed E-state index contributed by atoms with van der Waals surface area (Å²) in [6, 6.07) is 1.18. The standard InChI is InChI=1S/C15H24N6O2.2ClH/c1-11(2)13(16)14(23)19-10-12(22)20-6-8-21(9-7-20)15-17-4-3-5-18-15;;/h3-5,11,13H,6-10,16H2,1-2H3,(H,19,23);2*1H/t13-;;/m0../s1. The second-order valence-corrected chi connectivity index (χ2v) is 5.90. The number of nitrogens with two attached hydrogens (primary N) is 1. The Kier molecular flexibility index (Phi) is 10.3. The molecule has 0 aliphatic carbocycles. The van der Waals surface area contributed by atoms with Gasteiger partial charge in [0.1, 0.15) is 0 Å². The largest absolute Gasteiger partial charge is 0.346 e. The summed E-state index contributed by atoms with van der Waals surface area (Å²) in [4.78, 5) is 36.1. The van der Waals surface area contributed by atoms with Gasteiger partial charge in [-0.2, -0.15) is 0 Å². The van der Waals surface area contributed by atoms with Gasteiger partial charge in [0, 0.05) is 38.6 Å². The molecule has 3 N–H and O–H groups in total. The van der Waals surface area contributed by atoms with Crippen molar-refractivity contribution in [2.24, 2.45) is 11.7 Å². The maximum Gasteiger partial charge on any atom is 0.242 e. The number of aromatic nitrogens is 2. The smallest absolute Gasteiger partial charge is 0.242 e. The minimum absolute atomic E-state index is 0. The van der Waals surface area contributed by atoms with E-state index in [0.717, 1.165) is 0 Å². The molecule has 142 valence electrons. The van der Waals surface area contributed by atoms with E-state index >= 15 is 0 Å². The molecule has 1 fully saturated rings. The topological polar surface area (TPSA) is 104 Å². The molecule has 0 unspecified atom stereocenters. The van der Waals surface area contributed by atoms with Crippen LogP contribution in [0.3, 0.4) is 0 Å². The zero-order valence-electron chi connectivity index (χ0n) is 14.4. The molecule has 1 atom stereocenters. The Bertz CT molecular complexity index is 538. The van der Waals surface area contributed by atoms with Crippen LogP contribution in [0.5, 0.6) is 0 Å². The predicted octanol–water partition coefficient (Wildman–Crippen LogP) is 0.0683. The number of hydrogen-bond donors (Lipinski definition) is 2. The molecule has 8 nitrogen and oxygen atoms in total. The van der Waals surface area contributed by atoms with Crippen molar-refractivity contribution in [3.8, 4) is 0 Å². The van der Waals surface area contributed by atoms with E-state index in [1.807, 2.05) is 18.7 Å². The Balaban J connectivity index is 0.00000288. The van der Waals surface area contributed by atoms with Crippen LogP contribution in [0.25, 0.3) is 0 Å². The van der Waals surface area contributed by atoms with E-state index in [2.05, 4.69) is 15.3 Å². The maximum atomic E-state index is 12.2. The van der Waals surface area contributed by atoms with Gasteiger partial charge >= 0.3 is 0 Å². The first-order valence-corrected chi connectivity index (χ1v) is 7.82. The van der Waals surface area contributed by atoms with Crippen molar-refractivity contribution in [2.75, 3.05) is 37.6 Å². The normalized spacial score (nSPS) is 15.0. The molecule has 0 bridgehead atoms. The highest BCUT2D eigenvalue weighted by Crippen LogP contribution is 2.09. The zero-order chi connectivity index (χ0) is 16.8. The fourth-order valence-corrected chi connectivity index (χ4v) is 2.31. The van der Waals surface area contributed by atoms with Gasteiger partial charge in [-0.15, -0.1) is 24.8 Å². The number of piperazine rings is 1. The van der Waals surface area contributed by atoms with Crippen LogP contribution >= 0.6 is 24.8 Å². The van der Waals surface area contributed by atoms with E-state index in [4.69, 9.17) is 5.73 Å². The SMILES string of the molecule is CC(C)[C@H](N)C(=O)NCC(=O)N1CCN(c2ncccn2)CC1.Cl.Cl. The molecule has 2 rings (SSSR count). The summed E-state index contributed by atoms with van der Waals surface area (Å²) < 4.78 is 0. The summed E-state index contributed by atoms with van der Waals surface area (Å²) in [5.41, 5.74) is 5.75. The van der Waals surface area contributed by atoms with Crippen molar-refractivity contribution in [3.63, 3.8) is 0 Å². The Morgan fingerprint density at radius 2 is 1.72 bits per heavy atom. The molecule has 0 aromatic carbocycles. The highest BCUT2D eigenvalue weighted by Gasteiger charge is 2.23. The average molecular weight is 393 g/mol. The van der Waals surface area contributed by atoms with Crippen molar-refractivity contribution in [2.45, 2.75) is 19.9 Å². The molecule has 0 saturated carbocycles. The number of amides is 2. The van der Waals surface area contributed by atoms with Crippen LogP contribution in [0.2, 0.25) is 0 Å². The van der Waals surface area contributed by atoms with E-state index < -0.39 is 6.04 Å². The molecule has 2 heterocycles. The molecule has 10 heteroatoms. The van der Waals surface area contributed by atoms with Crippen LogP contribution < -0.4 is 16.0 Å². The van der Waals surface area contributed by atoms with Gasteiger partial charge in [-0.1, -0.05) is 13.8 Å². The van der Waals surface area contributed by atoms with Crippen molar-refractivity contribution in [1.82, 2.24) is 20.2 Å². The van der Waals surface area contributed by atoms with Crippen molar-refractivity contribution >= 4 is 42.6 Å². The zero-order valence-corrected chi connectivity index (χ0v) is 16.1. The van der Waals surface area contributed by atoms with Crippen molar-refractivity contribution in [3.05, 3.63) is 18.5 Å². The fraction of sp³-hybridized carbons (Fsp3) is 0.600. The molecule has 2 amide bonds. The van der Waals surface area contributed by atoms with E-state index in [1.54, 1.807) is 23.4 Å². The Labute approximate surface area is 160 Å². The first kappa shape index (κ1) is 23.4.